The zero-order valence-electron chi connectivity index (χ0n) is 13.1. The highest BCUT2D eigenvalue weighted by Crippen LogP contribution is 2.30. The molecule has 2 rings (SSSR count). The lowest BCUT2D eigenvalue weighted by molar-refractivity contribution is -0.385. The van der Waals surface area contributed by atoms with E-state index in [1.807, 2.05) is 0 Å². The number of nitrogens with zero attached hydrogens (tertiary/aromatic N) is 4. The summed E-state index contributed by atoms with van der Waals surface area (Å²) in [4.78, 5) is 20.4. The van der Waals surface area contributed by atoms with Crippen LogP contribution in [0.1, 0.15) is 33.1 Å². The fraction of sp³-hybridized carbons (Fsp3) is 0.714. The van der Waals surface area contributed by atoms with E-state index < -0.39 is 4.92 Å². The maximum atomic E-state index is 11.0. The van der Waals surface area contributed by atoms with Gasteiger partial charge in [0, 0.05) is 13.1 Å². The van der Waals surface area contributed by atoms with Crippen LogP contribution in [0.15, 0.2) is 6.33 Å². The Morgan fingerprint density at radius 2 is 2.14 bits per heavy atom. The molecule has 0 aromatic carbocycles. The molecule has 0 amide bonds. The molecule has 1 aliphatic rings. The first-order chi connectivity index (χ1) is 10.5. The summed E-state index contributed by atoms with van der Waals surface area (Å²) in [5, 5.41) is 11.0. The summed E-state index contributed by atoms with van der Waals surface area (Å²) in [5.74, 6) is 0.503. The number of nitro groups is 1. The van der Waals surface area contributed by atoms with Crippen LogP contribution < -0.4 is 10.5 Å². The first-order valence-corrected chi connectivity index (χ1v) is 7.61. The molecule has 2 N–H and O–H groups in total. The predicted molar refractivity (Wildman–Crippen MR) is 82.6 cm³/mol. The quantitative estimate of drug-likeness (QED) is 0.631. The third-order valence-electron chi connectivity index (χ3n) is 3.84. The van der Waals surface area contributed by atoms with E-state index in [0.717, 1.165) is 32.5 Å². The van der Waals surface area contributed by atoms with Crippen molar-refractivity contribution >= 4 is 11.5 Å². The lowest BCUT2D eigenvalue weighted by atomic mass is 10.1. The number of likely N-dealkylation sites (tertiary alicyclic amines) is 1. The van der Waals surface area contributed by atoms with Crippen molar-refractivity contribution in [1.29, 1.82) is 0 Å². The molecular formula is C14H23N5O3. The topological polar surface area (TPSA) is 107 Å². The molecule has 1 aromatic rings. The van der Waals surface area contributed by atoms with E-state index in [4.69, 9.17) is 10.5 Å². The maximum Gasteiger partial charge on any atom is 0.372 e. The van der Waals surface area contributed by atoms with E-state index in [0.29, 0.717) is 5.92 Å². The van der Waals surface area contributed by atoms with Gasteiger partial charge in [-0.3, -0.25) is 10.1 Å². The van der Waals surface area contributed by atoms with Gasteiger partial charge in [-0.25, -0.2) is 4.98 Å². The molecule has 1 aromatic heterocycles. The van der Waals surface area contributed by atoms with Gasteiger partial charge in [0.25, 0.3) is 5.88 Å². The number of nitrogen functional groups attached to an aromatic ring is 1. The summed E-state index contributed by atoms with van der Waals surface area (Å²) in [5.41, 5.74) is 5.19. The van der Waals surface area contributed by atoms with Gasteiger partial charge in [0.15, 0.2) is 0 Å². The third-order valence-corrected chi connectivity index (χ3v) is 3.84. The van der Waals surface area contributed by atoms with Crippen molar-refractivity contribution in [2.45, 2.75) is 39.2 Å². The van der Waals surface area contributed by atoms with Crippen molar-refractivity contribution in [2.24, 2.45) is 5.92 Å². The second-order valence-corrected chi connectivity index (χ2v) is 6.01. The summed E-state index contributed by atoms with van der Waals surface area (Å²) in [6.07, 6.45) is 3.97. The molecule has 8 nitrogen and oxygen atoms in total. The molecule has 1 fully saturated rings. The molecule has 0 saturated carbocycles. The fourth-order valence-electron chi connectivity index (χ4n) is 2.48. The first kappa shape index (κ1) is 16.4. The van der Waals surface area contributed by atoms with Crippen molar-refractivity contribution < 1.29 is 9.66 Å². The van der Waals surface area contributed by atoms with Crippen LogP contribution in [0.25, 0.3) is 0 Å². The zero-order valence-corrected chi connectivity index (χ0v) is 13.1. The van der Waals surface area contributed by atoms with Gasteiger partial charge in [0.2, 0.25) is 5.82 Å². The molecule has 8 heteroatoms. The van der Waals surface area contributed by atoms with E-state index in [9.17, 15) is 10.1 Å². The van der Waals surface area contributed by atoms with Gasteiger partial charge in [0.05, 0.1) is 4.92 Å². The summed E-state index contributed by atoms with van der Waals surface area (Å²) >= 11 is 0. The summed E-state index contributed by atoms with van der Waals surface area (Å²) in [6, 6.07) is 0. The van der Waals surface area contributed by atoms with Crippen LogP contribution in [-0.4, -0.2) is 45.5 Å². The monoisotopic (exact) mass is 309 g/mol. The van der Waals surface area contributed by atoms with Crippen molar-refractivity contribution in [3.05, 3.63) is 16.4 Å². The molecule has 0 bridgehead atoms. The van der Waals surface area contributed by atoms with Crippen molar-refractivity contribution in [3.63, 3.8) is 0 Å². The Labute approximate surface area is 129 Å². The molecule has 22 heavy (non-hydrogen) atoms. The van der Waals surface area contributed by atoms with Crippen LogP contribution in [0, 0.1) is 16.0 Å². The smallest absolute Gasteiger partial charge is 0.372 e. The predicted octanol–water partition coefficient (Wildman–Crippen LogP) is 1.86. The number of aromatic nitrogens is 2. The highest BCUT2D eigenvalue weighted by Gasteiger charge is 2.27. The molecule has 1 saturated heterocycles. The van der Waals surface area contributed by atoms with Gasteiger partial charge < -0.3 is 15.4 Å². The Bertz CT molecular complexity index is 515. The second kappa shape index (κ2) is 7.35. The first-order valence-electron chi connectivity index (χ1n) is 7.61. The normalized spacial score (nSPS) is 16.9. The summed E-state index contributed by atoms with van der Waals surface area (Å²) < 4.78 is 5.70. The van der Waals surface area contributed by atoms with Crippen LogP contribution in [-0.2, 0) is 0 Å². The lowest BCUT2D eigenvalue weighted by Gasteiger charge is -2.32. The van der Waals surface area contributed by atoms with Gasteiger partial charge in [-0.2, -0.15) is 4.98 Å². The van der Waals surface area contributed by atoms with Crippen LogP contribution >= 0.6 is 0 Å². The van der Waals surface area contributed by atoms with Gasteiger partial charge >= 0.3 is 5.69 Å². The Balaban J connectivity index is 1.91. The molecule has 0 atom stereocenters. The Morgan fingerprint density at radius 1 is 1.45 bits per heavy atom. The Morgan fingerprint density at radius 3 is 2.73 bits per heavy atom. The van der Waals surface area contributed by atoms with Crippen LogP contribution in [0.3, 0.4) is 0 Å². The van der Waals surface area contributed by atoms with E-state index in [-0.39, 0.29) is 23.5 Å². The molecule has 0 unspecified atom stereocenters. The Kier molecular flexibility index (Phi) is 5.48. The number of hydrogen-bond acceptors (Lipinski definition) is 7. The standard InChI is InChI=1S/C14H23N5O3/c1-10(2)3-6-18-7-4-11(5-8-18)22-14-12(19(20)21)13(15)16-9-17-14/h9-11H,3-8H2,1-2H3,(H2,15,16,17). The summed E-state index contributed by atoms with van der Waals surface area (Å²) in [6.45, 7) is 7.39. The molecule has 2 heterocycles. The van der Waals surface area contributed by atoms with Gasteiger partial charge in [-0.15, -0.1) is 0 Å². The minimum atomic E-state index is -0.595. The number of anilines is 1. The molecular weight excluding hydrogens is 286 g/mol. The van der Waals surface area contributed by atoms with E-state index in [2.05, 4.69) is 28.7 Å². The summed E-state index contributed by atoms with van der Waals surface area (Å²) in [7, 11) is 0. The van der Waals surface area contributed by atoms with E-state index in [1.165, 1.54) is 12.7 Å². The zero-order chi connectivity index (χ0) is 16.1. The minimum absolute atomic E-state index is 0.0295. The Hall–Kier alpha value is -1.96. The van der Waals surface area contributed by atoms with Gasteiger partial charge in [0.1, 0.15) is 12.4 Å². The maximum absolute atomic E-state index is 11.0. The average molecular weight is 309 g/mol. The van der Waals surface area contributed by atoms with Gasteiger partial charge in [-0.05, 0) is 31.7 Å². The molecule has 0 radical (unpaired) electrons. The number of ether oxygens (including phenoxy) is 1. The lowest BCUT2D eigenvalue weighted by Crippen LogP contribution is -2.39. The number of hydrogen-bond donors (Lipinski definition) is 1. The van der Waals surface area contributed by atoms with Crippen molar-refractivity contribution in [1.82, 2.24) is 14.9 Å². The second-order valence-electron chi connectivity index (χ2n) is 6.01. The number of piperidine rings is 1. The van der Waals surface area contributed by atoms with Crippen LogP contribution in [0.5, 0.6) is 5.88 Å². The molecule has 0 spiro atoms. The highest BCUT2D eigenvalue weighted by atomic mass is 16.6. The van der Waals surface area contributed by atoms with Crippen LogP contribution in [0.2, 0.25) is 0 Å². The minimum Gasteiger partial charge on any atom is -0.469 e. The third kappa shape index (κ3) is 4.27. The number of nitrogens with two attached hydrogens (primary N) is 1. The highest BCUT2D eigenvalue weighted by molar-refractivity contribution is 5.57. The molecule has 122 valence electrons. The van der Waals surface area contributed by atoms with Crippen LogP contribution in [0.4, 0.5) is 11.5 Å². The van der Waals surface area contributed by atoms with Crippen molar-refractivity contribution in [3.8, 4) is 5.88 Å². The fourth-order valence-corrected chi connectivity index (χ4v) is 2.48. The van der Waals surface area contributed by atoms with Crippen molar-refractivity contribution in [2.75, 3.05) is 25.4 Å². The van der Waals surface area contributed by atoms with Gasteiger partial charge in [-0.1, -0.05) is 13.8 Å². The largest absolute Gasteiger partial charge is 0.469 e. The molecule has 1 aliphatic heterocycles. The average Bonchev–Trinajstić information content (AvgIpc) is 2.46. The number of rotatable bonds is 6. The SMILES string of the molecule is CC(C)CCN1CCC(Oc2ncnc(N)c2[N+](=O)[O-])CC1. The van der Waals surface area contributed by atoms with E-state index >= 15 is 0 Å². The van der Waals surface area contributed by atoms with E-state index in [1.54, 1.807) is 0 Å². The molecule has 0 aliphatic carbocycles.